The molecule has 0 aromatic carbocycles. The summed E-state index contributed by atoms with van der Waals surface area (Å²) >= 11 is 3.30. The van der Waals surface area contributed by atoms with Crippen LogP contribution in [0, 0.1) is 6.92 Å². The fourth-order valence-electron chi connectivity index (χ4n) is 3.25. The first kappa shape index (κ1) is 17.7. The lowest BCUT2D eigenvalue weighted by Gasteiger charge is -2.47. The lowest BCUT2D eigenvalue weighted by molar-refractivity contribution is -0.0218. The van der Waals surface area contributed by atoms with Crippen molar-refractivity contribution in [1.82, 2.24) is 9.62 Å². The number of rotatable bonds is 5. The van der Waals surface area contributed by atoms with Crippen LogP contribution >= 0.6 is 23.1 Å². The fourth-order valence-corrected chi connectivity index (χ4v) is 6.60. The molecule has 8 heteroatoms. The zero-order chi connectivity index (χ0) is 16.3. The molecule has 1 aromatic rings. The summed E-state index contributed by atoms with van der Waals surface area (Å²) in [5.74, 6) is 2.25. The van der Waals surface area contributed by atoms with E-state index in [9.17, 15) is 8.42 Å². The summed E-state index contributed by atoms with van der Waals surface area (Å²) in [6.45, 7) is 5.89. The molecule has 1 N–H and O–H groups in total. The topological polar surface area (TPSA) is 58.6 Å². The van der Waals surface area contributed by atoms with E-state index in [-0.39, 0.29) is 5.54 Å². The normalized spacial score (nSPS) is 23.0. The van der Waals surface area contributed by atoms with Crippen molar-refractivity contribution in [3.63, 3.8) is 0 Å². The van der Waals surface area contributed by atoms with Crippen LogP contribution < -0.4 is 4.72 Å². The second-order valence-corrected chi connectivity index (χ2v) is 10.6. The maximum Gasteiger partial charge on any atom is 0.250 e. The van der Waals surface area contributed by atoms with Crippen molar-refractivity contribution in [2.45, 2.75) is 29.5 Å². The second kappa shape index (κ2) is 7.41. The average Bonchev–Trinajstić information content (AvgIpc) is 3.02. The molecule has 2 saturated heterocycles. The number of sulfonamides is 1. The third-order valence-corrected chi connectivity index (χ3v) is 8.51. The largest absolute Gasteiger partial charge is 0.381 e. The van der Waals surface area contributed by atoms with E-state index < -0.39 is 10.0 Å². The Kier molecular flexibility index (Phi) is 5.70. The van der Waals surface area contributed by atoms with Crippen molar-refractivity contribution in [2.75, 3.05) is 44.4 Å². The summed E-state index contributed by atoms with van der Waals surface area (Å²) in [7, 11) is -3.42. The number of hydrogen-bond donors (Lipinski definition) is 1. The summed E-state index contributed by atoms with van der Waals surface area (Å²) < 4.78 is 33.9. The van der Waals surface area contributed by atoms with E-state index in [0.29, 0.717) is 24.0 Å². The van der Waals surface area contributed by atoms with Crippen molar-refractivity contribution in [3.8, 4) is 0 Å². The van der Waals surface area contributed by atoms with Gasteiger partial charge in [-0.15, -0.1) is 11.3 Å². The Bertz CT molecular complexity index is 618. The molecule has 0 radical (unpaired) electrons. The minimum absolute atomic E-state index is 0.0986. The molecule has 23 heavy (non-hydrogen) atoms. The molecule has 0 unspecified atom stereocenters. The van der Waals surface area contributed by atoms with E-state index >= 15 is 0 Å². The van der Waals surface area contributed by atoms with Gasteiger partial charge in [0.2, 0.25) is 10.0 Å². The number of thiophene rings is 1. The quantitative estimate of drug-likeness (QED) is 0.851. The Morgan fingerprint density at radius 3 is 2.57 bits per heavy atom. The molecule has 3 rings (SSSR count). The van der Waals surface area contributed by atoms with E-state index in [4.69, 9.17) is 4.74 Å². The molecular weight excluding hydrogens is 352 g/mol. The number of hydrogen-bond acceptors (Lipinski definition) is 6. The molecule has 2 fully saturated rings. The van der Waals surface area contributed by atoms with Gasteiger partial charge < -0.3 is 4.74 Å². The second-order valence-electron chi connectivity index (χ2n) is 6.13. The lowest BCUT2D eigenvalue weighted by Crippen LogP contribution is -2.60. The van der Waals surface area contributed by atoms with Crippen LogP contribution in [0.4, 0.5) is 0 Å². The Hall–Kier alpha value is -0.120. The number of thioether (sulfide) groups is 1. The van der Waals surface area contributed by atoms with Gasteiger partial charge in [0.15, 0.2) is 0 Å². The van der Waals surface area contributed by atoms with Crippen LogP contribution in [-0.2, 0) is 14.8 Å². The van der Waals surface area contributed by atoms with Gasteiger partial charge in [-0.25, -0.2) is 13.1 Å². The van der Waals surface area contributed by atoms with Gasteiger partial charge in [0, 0.05) is 54.8 Å². The molecule has 0 aliphatic carbocycles. The van der Waals surface area contributed by atoms with Gasteiger partial charge in [-0.1, -0.05) is 0 Å². The van der Waals surface area contributed by atoms with Crippen LogP contribution in [0.1, 0.15) is 17.7 Å². The maximum absolute atomic E-state index is 12.6. The Morgan fingerprint density at radius 1 is 1.26 bits per heavy atom. The molecule has 0 atom stereocenters. The molecule has 5 nitrogen and oxygen atoms in total. The van der Waals surface area contributed by atoms with Gasteiger partial charge >= 0.3 is 0 Å². The first-order valence-corrected chi connectivity index (χ1v) is 11.4. The zero-order valence-electron chi connectivity index (χ0n) is 13.4. The monoisotopic (exact) mass is 376 g/mol. The van der Waals surface area contributed by atoms with Crippen molar-refractivity contribution in [1.29, 1.82) is 0 Å². The summed E-state index contributed by atoms with van der Waals surface area (Å²) in [4.78, 5) is 3.49. The highest BCUT2D eigenvalue weighted by Gasteiger charge is 2.40. The predicted octanol–water partition coefficient (Wildman–Crippen LogP) is 1.93. The highest BCUT2D eigenvalue weighted by atomic mass is 32.2. The SMILES string of the molecule is Cc1ccc(S(=O)(=O)NCC2(N3CCSCC3)CCOCC2)s1. The Labute approximate surface area is 146 Å². The fraction of sp³-hybridized carbons (Fsp3) is 0.733. The third kappa shape index (κ3) is 4.11. The molecule has 0 amide bonds. The van der Waals surface area contributed by atoms with Crippen molar-refractivity contribution in [2.24, 2.45) is 0 Å². The van der Waals surface area contributed by atoms with E-state index in [1.807, 2.05) is 24.8 Å². The molecule has 130 valence electrons. The van der Waals surface area contributed by atoms with Gasteiger partial charge in [-0.05, 0) is 31.9 Å². The highest BCUT2D eigenvalue weighted by Crippen LogP contribution is 2.31. The van der Waals surface area contributed by atoms with Gasteiger partial charge in [0.05, 0.1) is 0 Å². The Balaban J connectivity index is 1.73. The van der Waals surface area contributed by atoms with Crippen LogP contribution in [0.25, 0.3) is 0 Å². The number of nitrogens with one attached hydrogen (secondary N) is 1. The van der Waals surface area contributed by atoms with E-state index in [1.54, 1.807) is 6.07 Å². The standard InChI is InChI=1S/C15H24N2O3S3/c1-13-2-3-14(22-13)23(18,19)16-12-15(4-8-20-9-5-15)17-6-10-21-11-7-17/h2-3,16H,4-12H2,1H3. The molecule has 3 heterocycles. The maximum atomic E-state index is 12.6. The van der Waals surface area contributed by atoms with Crippen LogP contribution in [0.5, 0.6) is 0 Å². The minimum atomic E-state index is -3.42. The van der Waals surface area contributed by atoms with E-state index in [1.165, 1.54) is 11.3 Å². The summed E-state index contributed by atoms with van der Waals surface area (Å²) in [5, 5.41) is 0. The van der Waals surface area contributed by atoms with Crippen molar-refractivity contribution in [3.05, 3.63) is 17.0 Å². The Morgan fingerprint density at radius 2 is 1.96 bits per heavy atom. The van der Waals surface area contributed by atoms with Crippen LogP contribution in [0.15, 0.2) is 16.3 Å². The van der Waals surface area contributed by atoms with Crippen LogP contribution in [-0.4, -0.2) is 63.2 Å². The molecular formula is C15H24N2O3S3. The molecule has 0 bridgehead atoms. The van der Waals surface area contributed by atoms with E-state index in [0.717, 1.165) is 42.3 Å². The molecule has 2 aliphatic heterocycles. The first-order chi connectivity index (χ1) is 11.0. The molecule has 0 spiro atoms. The predicted molar refractivity (Wildman–Crippen MR) is 95.9 cm³/mol. The van der Waals surface area contributed by atoms with Gasteiger partial charge in [-0.3, -0.25) is 4.90 Å². The number of aryl methyl sites for hydroxylation is 1. The van der Waals surface area contributed by atoms with Crippen LogP contribution in [0.2, 0.25) is 0 Å². The summed E-state index contributed by atoms with van der Waals surface area (Å²) in [5.41, 5.74) is -0.0986. The number of nitrogens with zero attached hydrogens (tertiary/aromatic N) is 1. The van der Waals surface area contributed by atoms with Crippen LogP contribution in [0.3, 0.4) is 0 Å². The molecule has 2 aliphatic rings. The third-order valence-electron chi connectivity index (χ3n) is 4.68. The molecule has 1 aromatic heterocycles. The highest BCUT2D eigenvalue weighted by molar-refractivity contribution is 7.99. The van der Waals surface area contributed by atoms with Crippen molar-refractivity contribution >= 4 is 33.1 Å². The smallest absolute Gasteiger partial charge is 0.250 e. The minimum Gasteiger partial charge on any atom is -0.381 e. The zero-order valence-corrected chi connectivity index (χ0v) is 15.9. The van der Waals surface area contributed by atoms with Crippen molar-refractivity contribution < 1.29 is 13.2 Å². The van der Waals surface area contributed by atoms with Gasteiger partial charge in [-0.2, -0.15) is 11.8 Å². The average molecular weight is 377 g/mol. The van der Waals surface area contributed by atoms with Gasteiger partial charge in [0.1, 0.15) is 4.21 Å². The van der Waals surface area contributed by atoms with E-state index in [2.05, 4.69) is 9.62 Å². The summed E-state index contributed by atoms with van der Waals surface area (Å²) in [6.07, 6.45) is 1.79. The number of ether oxygens (including phenoxy) is 1. The summed E-state index contributed by atoms with van der Waals surface area (Å²) in [6, 6.07) is 3.54. The lowest BCUT2D eigenvalue weighted by atomic mass is 9.88. The van der Waals surface area contributed by atoms with Gasteiger partial charge in [0.25, 0.3) is 0 Å². The first-order valence-electron chi connectivity index (χ1n) is 7.99. The molecule has 0 saturated carbocycles.